The molecule has 2 atom stereocenters. The average molecular weight is 280 g/mol. The summed E-state index contributed by atoms with van der Waals surface area (Å²) in [7, 11) is 0. The molecule has 112 valence electrons. The van der Waals surface area contributed by atoms with Gasteiger partial charge in [-0.1, -0.05) is 6.58 Å². The van der Waals surface area contributed by atoms with Crippen molar-refractivity contribution >= 4 is 5.97 Å². The molecule has 1 saturated heterocycles. The molecule has 0 aromatic rings. The molecule has 2 unspecified atom stereocenters. The van der Waals surface area contributed by atoms with Crippen molar-refractivity contribution in [3.05, 3.63) is 12.7 Å². The van der Waals surface area contributed by atoms with Gasteiger partial charge in [0.05, 0.1) is 11.7 Å². The first-order valence-electron chi connectivity index (χ1n) is 7.79. The second-order valence-electron chi connectivity index (χ2n) is 6.37. The van der Waals surface area contributed by atoms with Crippen molar-refractivity contribution in [2.24, 2.45) is 5.92 Å². The summed E-state index contributed by atoms with van der Waals surface area (Å²) in [6.07, 6.45) is 9.37. The van der Waals surface area contributed by atoms with E-state index >= 15 is 0 Å². The van der Waals surface area contributed by atoms with Gasteiger partial charge in [-0.2, -0.15) is 0 Å². The topological polar surface area (TPSA) is 44.8 Å². The number of rotatable bonds is 5. The molecular weight excluding hydrogens is 256 g/mol. The Morgan fingerprint density at radius 2 is 2.15 bits per heavy atom. The van der Waals surface area contributed by atoms with E-state index in [-0.39, 0.29) is 24.4 Å². The lowest BCUT2D eigenvalue weighted by atomic mass is 9.95. The van der Waals surface area contributed by atoms with Crippen LogP contribution in [0.1, 0.15) is 44.9 Å². The molecule has 3 aliphatic rings. The fraction of sp³-hybridized carbons (Fsp3) is 0.812. The van der Waals surface area contributed by atoms with Gasteiger partial charge in [-0.3, -0.25) is 0 Å². The highest BCUT2D eigenvalue weighted by molar-refractivity contribution is 5.81. The lowest BCUT2D eigenvalue weighted by Crippen LogP contribution is -2.45. The van der Waals surface area contributed by atoms with Crippen LogP contribution in [0.25, 0.3) is 0 Å². The second-order valence-corrected chi connectivity index (χ2v) is 6.37. The van der Waals surface area contributed by atoms with Crippen molar-refractivity contribution in [2.45, 2.75) is 62.8 Å². The number of carbonyl (C=O) groups is 1. The largest absolute Gasteiger partial charge is 0.460 e. The summed E-state index contributed by atoms with van der Waals surface area (Å²) in [6.45, 7) is 4.41. The Morgan fingerprint density at radius 3 is 2.80 bits per heavy atom. The first-order valence-corrected chi connectivity index (χ1v) is 7.79. The van der Waals surface area contributed by atoms with Crippen molar-refractivity contribution < 1.29 is 19.0 Å². The zero-order valence-electron chi connectivity index (χ0n) is 12.0. The number of esters is 1. The summed E-state index contributed by atoms with van der Waals surface area (Å²) in [4.78, 5) is 11.2. The lowest BCUT2D eigenvalue weighted by molar-refractivity contribution is -0.182. The van der Waals surface area contributed by atoms with E-state index in [1.54, 1.807) is 0 Å². The van der Waals surface area contributed by atoms with Crippen molar-refractivity contribution in [1.29, 1.82) is 0 Å². The molecule has 2 aliphatic carbocycles. The standard InChI is InChI=1S/C16H24O4/c1-2-15(17)19-11-14-13(4-3-9-18-14)20-16-7-5-12(10-16)6-8-16/h2,12-14H,1,3-11H2. The highest BCUT2D eigenvalue weighted by Gasteiger charge is 2.48. The van der Waals surface area contributed by atoms with E-state index in [0.29, 0.717) is 0 Å². The van der Waals surface area contributed by atoms with Gasteiger partial charge < -0.3 is 14.2 Å². The summed E-state index contributed by atoms with van der Waals surface area (Å²) >= 11 is 0. The maximum absolute atomic E-state index is 11.2. The minimum absolute atomic E-state index is 0.0678. The predicted molar refractivity (Wildman–Crippen MR) is 74.3 cm³/mol. The number of fused-ring (bicyclic) bond motifs is 2. The molecule has 0 spiro atoms. The summed E-state index contributed by atoms with van der Waals surface area (Å²) in [6, 6.07) is 0. The fourth-order valence-electron chi connectivity index (χ4n) is 3.95. The van der Waals surface area contributed by atoms with Crippen LogP contribution in [-0.2, 0) is 19.0 Å². The highest BCUT2D eigenvalue weighted by atomic mass is 16.6. The minimum atomic E-state index is -0.391. The van der Waals surface area contributed by atoms with Crippen molar-refractivity contribution in [3.63, 3.8) is 0 Å². The van der Waals surface area contributed by atoms with Crippen LogP contribution in [0.2, 0.25) is 0 Å². The normalized spacial score (nSPS) is 39.7. The molecule has 20 heavy (non-hydrogen) atoms. The highest BCUT2D eigenvalue weighted by Crippen LogP contribution is 2.51. The van der Waals surface area contributed by atoms with Crippen LogP contribution >= 0.6 is 0 Å². The van der Waals surface area contributed by atoms with Crippen LogP contribution in [0.4, 0.5) is 0 Å². The zero-order chi connectivity index (χ0) is 14.0. The average Bonchev–Trinajstić information content (AvgIpc) is 3.06. The molecule has 0 N–H and O–H groups in total. The minimum Gasteiger partial charge on any atom is -0.460 e. The lowest BCUT2D eigenvalue weighted by Gasteiger charge is -2.38. The van der Waals surface area contributed by atoms with E-state index in [9.17, 15) is 4.79 Å². The van der Waals surface area contributed by atoms with E-state index < -0.39 is 5.97 Å². The third kappa shape index (κ3) is 2.91. The molecule has 0 radical (unpaired) electrons. The SMILES string of the molecule is C=CC(=O)OCC1OCCCC1OC12CCC(CC1)C2. The van der Waals surface area contributed by atoms with Crippen LogP contribution in [0, 0.1) is 5.92 Å². The Kier molecular flexibility index (Phi) is 4.13. The van der Waals surface area contributed by atoms with Gasteiger partial charge in [0.15, 0.2) is 0 Å². The fourth-order valence-corrected chi connectivity index (χ4v) is 3.95. The number of ether oxygens (including phenoxy) is 3. The molecule has 3 fully saturated rings. The van der Waals surface area contributed by atoms with Crippen LogP contribution in [0.5, 0.6) is 0 Å². The molecule has 4 nitrogen and oxygen atoms in total. The first-order chi connectivity index (χ1) is 9.71. The van der Waals surface area contributed by atoms with Gasteiger partial charge in [0.25, 0.3) is 0 Å². The summed E-state index contributed by atoms with van der Waals surface area (Å²) in [5.74, 6) is 0.481. The van der Waals surface area contributed by atoms with Gasteiger partial charge in [-0.15, -0.1) is 0 Å². The molecule has 0 amide bonds. The maximum atomic E-state index is 11.2. The molecule has 2 saturated carbocycles. The van der Waals surface area contributed by atoms with Gasteiger partial charge in [0, 0.05) is 12.7 Å². The third-order valence-electron chi connectivity index (χ3n) is 5.01. The summed E-state index contributed by atoms with van der Waals surface area (Å²) in [5.41, 5.74) is 0.0940. The monoisotopic (exact) mass is 280 g/mol. The molecule has 3 rings (SSSR count). The smallest absolute Gasteiger partial charge is 0.330 e. The molecule has 2 bridgehead atoms. The second kappa shape index (κ2) is 5.86. The van der Waals surface area contributed by atoms with E-state index in [1.807, 2.05) is 0 Å². The number of hydrogen-bond acceptors (Lipinski definition) is 4. The Labute approximate surface area is 120 Å². The Bertz CT molecular complexity index is 371. The zero-order valence-corrected chi connectivity index (χ0v) is 12.0. The molecule has 4 heteroatoms. The first kappa shape index (κ1) is 14.1. The van der Waals surface area contributed by atoms with Crippen LogP contribution in [-0.4, -0.2) is 37.0 Å². The van der Waals surface area contributed by atoms with Gasteiger partial charge >= 0.3 is 5.97 Å². The Morgan fingerprint density at radius 1 is 1.35 bits per heavy atom. The van der Waals surface area contributed by atoms with Crippen LogP contribution < -0.4 is 0 Å². The van der Waals surface area contributed by atoms with Gasteiger partial charge in [-0.05, 0) is 50.9 Å². The molecular formula is C16H24O4. The van der Waals surface area contributed by atoms with Crippen LogP contribution in [0.3, 0.4) is 0 Å². The molecule has 0 aromatic carbocycles. The number of carbonyl (C=O) groups excluding carboxylic acids is 1. The molecule has 1 aliphatic heterocycles. The van der Waals surface area contributed by atoms with Crippen molar-refractivity contribution in [1.82, 2.24) is 0 Å². The predicted octanol–water partition coefficient (Wildman–Crippen LogP) is 2.61. The maximum Gasteiger partial charge on any atom is 0.330 e. The van der Waals surface area contributed by atoms with Gasteiger partial charge in [0.2, 0.25) is 0 Å². The van der Waals surface area contributed by atoms with Crippen molar-refractivity contribution in [3.8, 4) is 0 Å². The summed E-state index contributed by atoms with van der Waals surface area (Å²) < 4.78 is 17.4. The van der Waals surface area contributed by atoms with E-state index in [4.69, 9.17) is 14.2 Å². The molecule has 1 heterocycles. The van der Waals surface area contributed by atoms with Crippen molar-refractivity contribution in [2.75, 3.05) is 13.2 Å². The Balaban J connectivity index is 1.57. The quantitative estimate of drug-likeness (QED) is 0.573. The van der Waals surface area contributed by atoms with Crippen LogP contribution in [0.15, 0.2) is 12.7 Å². The third-order valence-corrected chi connectivity index (χ3v) is 5.01. The number of hydrogen-bond donors (Lipinski definition) is 0. The Hall–Kier alpha value is -0.870. The molecule has 0 aromatic heterocycles. The van der Waals surface area contributed by atoms with Gasteiger partial charge in [0.1, 0.15) is 12.7 Å². The van der Waals surface area contributed by atoms with Gasteiger partial charge in [-0.25, -0.2) is 4.79 Å². The van der Waals surface area contributed by atoms with E-state index in [2.05, 4.69) is 6.58 Å². The van der Waals surface area contributed by atoms with E-state index in [1.165, 1.54) is 38.2 Å². The van der Waals surface area contributed by atoms with E-state index in [0.717, 1.165) is 25.4 Å². The summed E-state index contributed by atoms with van der Waals surface area (Å²) in [5, 5.41) is 0.